The first-order chi connectivity index (χ1) is 15.7. The zero-order valence-corrected chi connectivity index (χ0v) is 17.6. The minimum absolute atomic E-state index is 0.720. The second-order valence-corrected chi connectivity index (χ2v) is 8.13. The van der Waals surface area contributed by atoms with Gasteiger partial charge in [0.15, 0.2) is 0 Å². The van der Waals surface area contributed by atoms with Crippen LogP contribution < -0.4 is 0 Å². The number of hydrogen-bond acceptors (Lipinski definition) is 2. The van der Waals surface area contributed by atoms with Crippen LogP contribution in [0.3, 0.4) is 0 Å². The van der Waals surface area contributed by atoms with Gasteiger partial charge in [-0.3, -0.25) is 9.78 Å². The summed E-state index contributed by atoms with van der Waals surface area (Å²) in [7, 11) is 0. The molecule has 0 aliphatic rings. The monoisotopic (exact) mass is 412 g/mol. The second kappa shape index (κ2) is 7.17. The van der Waals surface area contributed by atoms with E-state index in [2.05, 4.69) is 65.2 Å². The number of fused-ring (bicyclic) bond motifs is 4. The van der Waals surface area contributed by atoms with Crippen LogP contribution in [-0.2, 0) is 0 Å². The number of carbonyl (C=O) groups excluding carboxylic acids is 1. The Morgan fingerprint density at radius 1 is 0.812 bits per heavy atom. The first kappa shape index (κ1) is 18.5. The predicted octanol–water partition coefficient (Wildman–Crippen LogP) is 7.12. The van der Waals surface area contributed by atoms with E-state index in [9.17, 15) is 4.79 Å². The largest absolute Gasteiger partial charge is 0.309 e. The van der Waals surface area contributed by atoms with Crippen LogP contribution in [-0.4, -0.2) is 15.8 Å². The van der Waals surface area contributed by atoms with E-state index in [0.717, 1.165) is 56.2 Å². The van der Waals surface area contributed by atoms with Gasteiger partial charge in [-0.25, -0.2) is 0 Å². The van der Waals surface area contributed by atoms with Crippen molar-refractivity contribution in [3.8, 4) is 16.8 Å². The predicted molar refractivity (Wildman–Crippen MR) is 132 cm³/mol. The molecule has 6 aromatic rings. The number of para-hydroxylation sites is 2. The van der Waals surface area contributed by atoms with Gasteiger partial charge in [0.05, 0.1) is 16.6 Å². The number of rotatable bonds is 3. The summed E-state index contributed by atoms with van der Waals surface area (Å²) in [5, 5.41) is 3.53. The first-order valence-corrected chi connectivity index (χ1v) is 10.7. The van der Waals surface area contributed by atoms with Crippen LogP contribution in [0.2, 0.25) is 0 Å². The molecule has 0 fully saturated rings. The molecule has 0 atom stereocenters. The van der Waals surface area contributed by atoms with E-state index >= 15 is 0 Å². The summed E-state index contributed by atoms with van der Waals surface area (Å²) in [5.74, 6) is 0. The third-order valence-electron chi connectivity index (χ3n) is 6.24. The van der Waals surface area contributed by atoms with Crippen molar-refractivity contribution in [2.45, 2.75) is 6.92 Å². The van der Waals surface area contributed by atoms with Crippen molar-refractivity contribution < 1.29 is 4.79 Å². The van der Waals surface area contributed by atoms with Gasteiger partial charge in [0, 0.05) is 39.2 Å². The lowest BCUT2D eigenvalue weighted by Crippen LogP contribution is -1.96. The van der Waals surface area contributed by atoms with E-state index in [4.69, 9.17) is 4.98 Å². The van der Waals surface area contributed by atoms with Crippen LogP contribution >= 0.6 is 0 Å². The van der Waals surface area contributed by atoms with Crippen LogP contribution in [0.5, 0.6) is 0 Å². The number of nitrogens with zero attached hydrogens (tertiary/aromatic N) is 2. The zero-order valence-electron chi connectivity index (χ0n) is 17.6. The molecular weight excluding hydrogens is 392 g/mol. The van der Waals surface area contributed by atoms with Gasteiger partial charge in [0.1, 0.15) is 6.29 Å². The highest BCUT2D eigenvalue weighted by Crippen LogP contribution is 2.38. The van der Waals surface area contributed by atoms with Crippen LogP contribution in [0, 0.1) is 6.92 Å². The average Bonchev–Trinajstić information content (AvgIpc) is 3.18. The number of carbonyl (C=O) groups is 1. The Bertz CT molecular complexity index is 1660. The number of benzene rings is 4. The van der Waals surface area contributed by atoms with Crippen LogP contribution in [0.1, 0.15) is 15.9 Å². The van der Waals surface area contributed by atoms with Crippen molar-refractivity contribution in [1.82, 2.24) is 9.55 Å². The third-order valence-corrected chi connectivity index (χ3v) is 6.24. The summed E-state index contributed by atoms with van der Waals surface area (Å²) in [4.78, 5) is 16.0. The molecule has 0 amide bonds. The molecule has 152 valence electrons. The lowest BCUT2D eigenvalue weighted by atomic mass is 9.99. The molecule has 0 N–H and O–H groups in total. The Labute approximate surface area is 185 Å². The van der Waals surface area contributed by atoms with Crippen molar-refractivity contribution in [2.24, 2.45) is 0 Å². The maximum absolute atomic E-state index is 11.3. The molecular formula is C29H20N2O. The quantitative estimate of drug-likeness (QED) is 0.290. The lowest BCUT2D eigenvalue weighted by molar-refractivity contribution is 0.112. The Kier molecular flexibility index (Phi) is 4.15. The molecule has 0 spiro atoms. The van der Waals surface area contributed by atoms with Gasteiger partial charge in [-0.1, -0.05) is 48.5 Å². The molecule has 4 aromatic carbocycles. The first-order valence-electron chi connectivity index (χ1n) is 10.7. The Balaban J connectivity index is 1.69. The number of pyridine rings is 1. The molecule has 6 rings (SSSR count). The lowest BCUT2D eigenvalue weighted by Gasteiger charge is -2.10. The molecule has 2 heterocycles. The maximum atomic E-state index is 11.3. The van der Waals surface area contributed by atoms with Gasteiger partial charge in [-0.2, -0.15) is 0 Å². The molecule has 0 saturated heterocycles. The van der Waals surface area contributed by atoms with Gasteiger partial charge in [0.25, 0.3) is 0 Å². The van der Waals surface area contributed by atoms with E-state index in [-0.39, 0.29) is 0 Å². The molecule has 0 aliphatic carbocycles. The van der Waals surface area contributed by atoms with Crippen molar-refractivity contribution in [3.05, 3.63) is 108 Å². The minimum Gasteiger partial charge on any atom is -0.309 e. The van der Waals surface area contributed by atoms with Crippen LogP contribution in [0.4, 0.5) is 0 Å². The molecule has 2 aromatic heterocycles. The van der Waals surface area contributed by atoms with Crippen LogP contribution in [0.15, 0.2) is 97.2 Å². The minimum atomic E-state index is 0.720. The normalized spacial score (nSPS) is 11.4. The van der Waals surface area contributed by atoms with E-state index < -0.39 is 0 Å². The smallest absolute Gasteiger partial charge is 0.150 e. The Morgan fingerprint density at radius 2 is 1.62 bits per heavy atom. The van der Waals surface area contributed by atoms with Crippen molar-refractivity contribution in [2.75, 3.05) is 0 Å². The number of hydrogen-bond donors (Lipinski definition) is 0. The Hall–Kier alpha value is -4.24. The molecule has 32 heavy (non-hydrogen) atoms. The van der Waals surface area contributed by atoms with Crippen molar-refractivity contribution in [1.29, 1.82) is 0 Å². The summed E-state index contributed by atoms with van der Waals surface area (Å²) < 4.78 is 2.28. The SMILES string of the molecule is Cc1cc(-n2c3ccccc3c3c(-c4cnc5ccccc5c4)cccc32)ccc1C=O. The van der Waals surface area contributed by atoms with E-state index in [1.165, 1.54) is 10.8 Å². The summed E-state index contributed by atoms with van der Waals surface area (Å²) in [6.45, 7) is 1.98. The zero-order chi connectivity index (χ0) is 21.7. The average molecular weight is 412 g/mol. The molecule has 3 heteroatoms. The molecule has 0 aliphatic heterocycles. The summed E-state index contributed by atoms with van der Waals surface area (Å²) in [6, 6.07) is 31.4. The molecule has 0 saturated carbocycles. The fraction of sp³-hybridized carbons (Fsp3) is 0.0345. The number of aldehydes is 1. The highest BCUT2D eigenvalue weighted by molar-refractivity contribution is 6.16. The maximum Gasteiger partial charge on any atom is 0.150 e. The van der Waals surface area contributed by atoms with Gasteiger partial charge in [0.2, 0.25) is 0 Å². The molecule has 0 bridgehead atoms. The van der Waals surface area contributed by atoms with E-state index in [1.807, 2.05) is 43.5 Å². The van der Waals surface area contributed by atoms with Crippen LogP contribution in [0.25, 0.3) is 49.5 Å². The molecule has 0 unspecified atom stereocenters. The second-order valence-electron chi connectivity index (χ2n) is 8.13. The van der Waals surface area contributed by atoms with E-state index in [0.29, 0.717) is 0 Å². The summed E-state index contributed by atoms with van der Waals surface area (Å²) in [5.41, 5.74) is 8.28. The highest BCUT2D eigenvalue weighted by Gasteiger charge is 2.16. The standard InChI is InChI=1S/C29H20N2O/c1-19-15-23(14-13-21(19)18-32)31-27-11-5-3-8-25(27)29-24(9-6-12-28(29)31)22-16-20-7-2-4-10-26(20)30-17-22/h2-18H,1H3. The number of aromatic nitrogens is 2. The number of aryl methyl sites for hydroxylation is 1. The van der Waals surface area contributed by atoms with Gasteiger partial charge >= 0.3 is 0 Å². The molecule has 0 radical (unpaired) electrons. The van der Waals surface area contributed by atoms with Crippen molar-refractivity contribution >= 4 is 39.0 Å². The third kappa shape index (κ3) is 2.75. The highest BCUT2D eigenvalue weighted by atomic mass is 16.1. The fourth-order valence-corrected chi connectivity index (χ4v) is 4.69. The van der Waals surface area contributed by atoms with Gasteiger partial charge < -0.3 is 4.57 Å². The van der Waals surface area contributed by atoms with E-state index in [1.54, 1.807) is 0 Å². The van der Waals surface area contributed by atoms with Gasteiger partial charge in [-0.05, 0) is 60.5 Å². The van der Waals surface area contributed by atoms with Gasteiger partial charge in [-0.15, -0.1) is 0 Å². The topological polar surface area (TPSA) is 34.9 Å². The molecule has 3 nitrogen and oxygen atoms in total. The summed E-state index contributed by atoms with van der Waals surface area (Å²) in [6.07, 6.45) is 2.88. The van der Waals surface area contributed by atoms with Crippen molar-refractivity contribution in [3.63, 3.8) is 0 Å². The summed E-state index contributed by atoms with van der Waals surface area (Å²) >= 11 is 0. The Morgan fingerprint density at radius 3 is 2.50 bits per heavy atom. The fourth-order valence-electron chi connectivity index (χ4n) is 4.69.